The first kappa shape index (κ1) is 25.3. The van der Waals surface area contributed by atoms with Gasteiger partial charge in [-0.25, -0.2) is 34.6 Å². The van der Waals surface area contributed by atoms with Crippen LogP contribution in [0, 0.1) is 0 Å². The highest BCUT2D eigenvalue weighted by Gasteiger charge is 2.29. The van der Waals surface area contributed by atoms with Gasteiger partial charge in [-0.15, -0.1) is 0 Å². The van der Waals surface area contributed by atoms with E-state index in [0.717, 1.165) is 74.6 Å². The molecule has 0 spiro atoms. The van der Waals surface area contributed by atoms with Crippen LogP contribution >= 0.6 is 0 Å². The van der Waals surface area contributed by atoms with Crippen LogP contribution in [-0.2, 0) is 0 Å². The van der Waals surface area contributed by atoms with Gasteiger partial charge in [0, 0.05) is 69.5 Å². The van der Waals surface area contributed by atoms with Crippen LogP contribution in [-0.4, -0.2) is 98.3 Å². The number of aromatic nitrogens is 5. The Bertz CT molecular complexity index is 1470. The molecule has 6 rings (SSSR count). The molecule has 2 amide bonds. The summed E-state index contributed by atoms with van der Waals surface area (Å²) in [4.78, 5) is 44.8. The Morgan fingerprint density at radius 1 is 1.00 bits per heavy atom. The van der Waals surface area contributed by atoms with Crippen LogP contribution in [0.3, 0.4) is 0 Å². The Hall–Kier alpha value is -4.03. The number of hydrogen-bond donors (Lipinski definition) is 3. The minimum absolute atomic E-state index is 0.0177. The number of H-pyrrole nitrogens is 2. The summed E-state index contributed by atoms with van der Waals surface area (Å²) < 4.78 is 5.88. The molecule has 0 bridgehead atoms. The van der Waals surface area contributed by atoms with Crippen molar-refractivity contribution in [2.45, 2.75) is 25.2 Å². The SMILES string of the molecule is O=C(NCCCOc1ccc2nc3[nH]c(=O)[nH]c3cc2c1)N1CCN(N2CCC(c3ncccn3)CC2)CC1. The zero-order valence-corrected chi connectivity index (χ0v) is 21.8. The number of amides is 2. The second kappa shape index (κ2) is 11.4. The number of urea groups is 1. The number of carbonyl (C=O) groups excluding carboxylic acids is 1. The van der Waals surface area contributed by atoms with Gasteiger partial charge in [0.05, 0.1) is 17.6 Å². The van der Waals surface area contributed by atoms with E-state index in [9.17, 15) is 9.59 Å². The molecule has 0 unspecified atom stereocenters. The van der Waals surface area contributed by atoms with E-state index in [1.807, 2.05) is 47.6 Å². The number of piperidine rings is 1. The third kappa shape index (κ3) is 5.86. The monoisotopic (exact) mass is 531 g/mol. The number of nitrogens with zero attached hydrogens (tertiary/aromatic N) is 6. The summed E-state index contributed by atoms with van der Waals surface area (Å²) in [5.41, 5.74) is 1.71. The van der Waals surface area contributed by atoms with Crippen molar-refractivity contribution < 1.29 is 9.53 Å². The minimum atomic E-state index is -0.275. The Morgan fingerprint density at radius 2 is 1.77 bits per heavy atom. The average molecular weight is 532 g/mol. The molecular weight excluding hydrogens is 498 g/mol. The molecule has 0 atom stereocenters. The van der Waals surface area contributed by atoms with Crippen molar-refractivity contribution in [1.82, 2.24) is 45.2 Å². The van der Waals surface area contributed by atoms with E-state index < -0.39 is 0 Å². The molecule has 0 saturated carbocycles. The molecule has 39 heavy (non-hydrogen) atoms. The summed E-state index contributed by atoms with van der Waals surface area (Å²) in [5, 5.41) is 8.72. The van der Waals surface area contributed by atoms with Crippen molar-refractivity contribution in [1.29, 1.82) is 0 Å². The number of benzene rings is 1. The highest BCUT2D eigenvalue weighted by molar-refractivity contribution is 5.90. The van der Waals surface area contributed by atoms with Gasteiger partial charge in [0.25, 0.3) is 0 Å². The topological polar surface area (TPSA) is 135 Å². The number of fused-ring (bicyclic) bond motifs is 2. The maximum atomic E-state index is 12.7. The normalized spacial score (nSPS) is 17.6. The Kier molecular flexibility index (Phi) is 7.37. The second-order valence-electron chi connectivity index (χ2n) is 10.0. The number of nitrogens with one attached hydrogen (secondary N) is 3. The van der Waals surface area contributed by atoms with Gasteiger partial charge in [-0.3, -0.25) is 4.98 Å². The largest absolute Gasteiger partial charge is 0.494 e. The van der Waals surface area contributed by atoms with Crippen molar-refractivity contribution in [3.8, 4) is 5.75 Å². The zero-order valence-electron chi connectivity index (χ0n) is 21.8. The molecule has 2 saturated heterocycles. The van der Waals surface area contributed by atoms with E-state index in [1.54, 1.807) is 0 Å². The van der Waals surface area contributed by atoms with E-state index in [-0.39, 0.29) is 11.7 Å². The summed E-state index contributed by atoms with van der Waals surface area (Å²) in [6.07, 6.45) is 6.45. The molecule has 2 aliphatic heterocycles. The summed E-state index contributed by atoms with van der Waals surface area (Å²) >= 11 is 0. The number of pyridine rings is 1. The fourth-order valence-corrected chi connectivity index (χ4v) is 5.38. The fourth-order valence-electron chi connectivity index (χ4n) is 5.38. The van der Waals surface area contributed by atoms with E-state index in [0.29, 0.717) is 36.7 Å². The molecule has 12 nitrogen and oxygen atoms in total. The Balaban J connectivity index is 0.893. The number of carbonyl (C=O) groups is 1. The first-order valence-corrected chi connectivity index (χ1v) is 13.6. The number of ether oxygens (including phenoxy) is 1. The van der Waals surface area contributed by atoms with Crippen molar-refractivity contribution in [3.63, 3.8) is 0 Å². The van der Waals surface area contributed by atoms with E-state index in [2.05, 4.69) is 40.3 Å². The van der Waals surface area contributed by atoms with Crippen molar-refractivity contribution in [2.24, 2.45) is 0 Å². The highest BCUT2D eigenvalue weighted by Crippen LogP contribution is 2.26. The summed E-state index contributed by atoms with van der Waals surface area (Å²) in [6, 6.07) is 9.36. The molecule has 0 aliphatic carbocycles. The van der Waals surface area contributed by atoms with Crippen LogP contribution in [0.2, 0.25) is 0 Å². The number of rotatable bonds is 7. The van der Waals surface area contributed by atoms with Crippen LogP contribution in [0.25, 0.3) is 22.1 Å². The third-order valence-corrected chi connectivity index (χ3v) is 7.50. The highest BCUT2D eigenvalue weighted by atomic mass is 16.5. The number of imidazole rings is 1. The summed E-state index contributed by atoms with van der Waals surface area (Å²) in [5.74, 6) is 2.11. The Morgan fingerprint density at radius 3 is 2.56 bits per heavy atom. The van der Waals surface area contributed by atoms with Gasteiger partial charge >= 0.3 is 11.7 Å². The van der Waals surface area contributed by atoms with Crippen LogP contribution in [0.15, 0.2) is 47.5 Å². The predicted octanol–water partition coefficient (Wildman–Crippen LogP) is 2.09. The molecule has 1 aromatic carbocycles. The molecule has 0 radical (unpaired) electrons. The lowest BCUT2D eigenvalue weighted by molar-refractivity contribution is -0.0652. The van der Waals surface area contributed by atoms with Gasteiger partial charge < -0.3 is 19.9 Å². The van der Waals surface area contributed by atoms with Gasteiger partial charge in [0.2, 0.25) is 0 Å². The first-order chi connectivity index (χ1) is 19.1. The fraction of sp³-hybridized carbons (Fsp3) is 0.444. The van der Waals surface area contributed by atoms with E-state index in [4.69, 9.17) is 4.74 Å². The maximum absolute atomic E-state index is 12.7. The summed E-state index contributed by atoms with van der Waals surface area (Å²) in [7, 11) is 0. The molecular formula is C27H33N9O3. The number of hydrazine groups is 1. The van der Waals surface area contributed by atoms with Crippen LogP contribution in [0.4, 0.5) is 4.79 Å². The van der Waals surface area contributed by atoms with Gasteiger partial charge in [0.15, 0.2) is 5.65 Å². The second-order valence-corrected chi connectivity index (χ2v) is 10.0. The first-order valence-electron chi connectivity index (χ1n) is 13.6. The standard InChI is InChI=1S/C27H33N9O3/c37-26-32-23-18-20-17-21(3-4-22(20)31-25(23)33-26)39-16-2-9-30-27(38)34-12-14-36(15-13-34)35-10-5-19(6-11-35)24-28-7-1-8-29-24/h1,3-4,7-8,17-19H,2,5-6,9-16H2,(H,30,38)(H2,31,32,33,37). The number of aromatic amines is 2. The van der Waals surface area contributed by atoms with E-state index >= 15 is 0 Å². The summed E-state index contributed by atoms with van der Waals surface area (Å²) in [6.45, 7) is 6.17. The predicted molar refractivity (Wildman–Crippen MR) is 146 cm³/mol. The van der Waals surface area contributed by atoms with E-state index in [1.165, 1.54) is 0 Å². The Labute approximate surface area is 225 Å². The van der Waals surface area contributed by atoms with Gasteiger partial charge in [-0.05, 0) is 49.6 Å². The molecule has 4 aromatic rings. The van der Waals surface area contributed by atoms with Crippen molar-refractivity contribution in [3.05, 3.63) is 59.0 Å². The minimum Gasteiger partial charge on any atom is -0.494 e. The quantitative estimate of drug-likeness (QED) is 0.309. The van der Waals surface area contributed by atoms with Crippen molar-refractivity contribution >= 4 is 28.1 Å². The molecule has 12 heteroatoms. The number of piperazine rings is 1. The van der Waals surface area contributed by atoms with Crippen LogP contribution < -0.4 is 15.7 Å². The molecule has 3 aromatic heterocycles. The lowest BCUT2D eigenvalue weighted by Gasteiger charge is -2.43. The molecule has 2 fully saturated rings. The average Bonchev–Trinajstić information content (AvgIpc) is 3.35. The lowest BCUT2D eigenvalue weighted by atomic mass is 9.97. The van der Waals surface area contributed by atoms with Crippen LogP contribution in [0.5, 0.6) is 5.75 Å². The smallest absolute Gasteiger partial charge is 0.325 e. The number of hydrogen-bond acceptors (Lipinski definition) is 8. The molecule has 204 valence electrons. The molecule has 5 heterocycles. The van der Waals surface area contributed by atoms with Crippen LogP contribution in [0.1, 0.15) is 31.0 Å². The molecule has 2 aliphatic rings. The lowest BCUT2D eigenvalue weighted by Crippen LogP contribution is -2.57. The van der Waals surface area contributed by atoms with Crippen molar-refractivity contribution in [2.75, 3.05) is 52.4 Å². The van der Waals surface area contributed by atoms with Gasteiger partial charge in [0.1, 0.15) is 11.6 Å². The molecule has 3 N–H and O–H groups in total. The van der Waals surface area contributed by atoms with Gasteiger partial charge in [-0.2, -0.15) is 0 Å². The third-order valence-electron chi connectivity index (χ3n) is 7.50. The maximum Gasteiger partial charge on any atom is 0.325 e. The zero-order chi connectivity index (χ0) is 26.6. The van der Waals surface area contributed by atoms with Gasteiger partial charge in [-0.1, -0.05) is 0 Å².